The number of hydrogen-bond donors (Lipinski definition) is 1. The number of rotatable bonds is 5. The molecule has 2 rings (SSSR count). The van der Waals surface area contributed by atoms with Crippen molar-refractivity contribution in [2.45, 2.75) is 52.2 Å². The third-order valence-corrected chi connectivity index (χ3v) is 4.36. The number of methoxy groups -OCH3 is 1. The van der Waals surface area contributed by atoms with Gasteiger partial charge in [0.1, 0.15) is 6.54 Å². The lowest BCUT2D eigenvalue weighted by Gasteiger charge is -2.34. The number of ether oxygens (including phenoxy) is 1. The Labute approximate surface area is 119 Å². The molecule has 0 amide bonds. The highest BCUT2D eigenvalue weighted by atomic mass is 16.5. The smallest absolute Gasteiger partial charge is 0.327 e. The SMILES string of the molecule is COC(=O)Cn1cc(CNC2CCCC(C)C2C)nn1. The molecule has 112 valence electrons. The van der Waals surface area contributed by atoms with Crippen molar-refractivity contribution in [1.82, 2.24) is 20.3 Å². The lowest BCUT2D eigenvalue weighted by molar-refractivity contribution is -0.141. The number of carbonyl (C=O) groups excluding carboxylic acids is 1. The summed E-state index contributed by atoms with van der Waals surface area (Å²) < 4.78 is 6.11. The molecule has 0 aromatic carbocycles. The molecule has 3 unspecified atom stereocenters. The summed E-state index contributed by atoms with van der Waals surface area (Å²) in [5, 5.41) is 11.6. The van der Waals surface area contributed by atoms with Crippen LogP contribution in [0.3, 0.4) is 0 Å². The molecular formula is C14H24N4O2. The van der Waals surface area contributed by atoms with Gasteiger partial charge in [0, 0.05) is 12.6 Å². The number of nitrogens with one attached hydrogen (secondary N) is 1. The first-order valence-corrected chi connectivity index (χ1v) is 7.29. The Morgan fingerprint density at radius 3 is 3.05 bits per heavy atom. The van der Waals surface area contributed by atoms with E-state index in [4.69, 9.17) is 0 Å². The van der Waals surface area contributed by atoms with Gasteiger partial charge in [-0.15, -0.1) is 5.10 Å². The second-order valence-corrected chi connectivity index (χ2v) is 5.74. The minimum absolute atomic E-state index is 0.111. The highest BCUT2D eigenvalue weighted by Gasteiger charge is 2.26. The van der Waals surface area contributed by atoms with Crippen molar-refractivity contribution in [3.63, 3.8) is 0 Å². The van der Waals surface area contributed by atoms with Gasteiger partial charge in [0.05, 0.1) is 19.0 Å². The van der Waals surface area contributed by atoms with E-state index in [9.17, 15) is 4.79 Å². The summed E-state index contributed by atoms with van der Waals surface area (Å²) in [7, 11) is 1.37. The molecule has 1 saturated carbocycles. The Hall–Kier alpha value is -1.43. The third kappa shape index (κ3) is 3.79. The summed E-state index contributed by atoms with van der Waals surface area (Å²) >= 11 is 0. The summed E-state index contributed by atoms with van der Waals surface area (Å²) in [4.78, 5) is 11.1. The first-order chi connectivity index (χ1) is 9.60. The Morgan fingerprint density at radius 2 is 2.30 bits per heavy atom. The topological polar surface area (TPSA) is 69.0 Å². The van der Waals surface area contributed by atoms with Gasteiger partial charge in [-0.2, -0.15) is 0 Å². The molecule has 0 bridgehead atoms. The van der Waals surface area contributed by atoms with Crippen LogP contribution in [0.1, 0.15) is 38.8 Å². The molecule has 20 heavy (non-hydrogen) atoms. The zero-order valence-electron chi connectivity index (χ0n) is 12.5. The molecule has 3 atom stereocenters. The molecule has 1 N–H and O–H groups in total. The molecule has 0 aliphatic heterocycles. The van der Waals surface area contributed by atoms with E-state index in [-0.39, 0.29) is 12.5 Å². The Morgan fingerprint density at radius 1 is 1.50 bits per heavy atom. The van der Waals surface area contributed by atoms with Crippen LogP contribution >= 0.6 is 0 Å². The van der Waals surface area contributed by atoms with Gasteiger partial charge in [-0.25, -0.2) is 4.68 Å². The molecule has 0 radical (unpaired) electrons. The predicted molar refractivity (Wildman–Crippen MR) is 74.8 cm³/mol. The van der Waals surface area contributed by atoms with Crippen molar-refractivity contribution >= 4 is 5.97 Å². The summed E-state index contributed by atoms with van der Waals surface area (Å²) in [6.07, 6.45) is 5.63. The average molecular weight is 280 g/mol. The maximum absolute atomic E-state index is 11.1. The maximum Gasteiger partial charge on any atom is 0.327 e. The van der Waals surface area contributed by atoms with Crippen molar-refractivity contribution < 1.29 is 9.53 Å². The number of nitrogens with zero attached hydrogens (tertiary/aromatic N) is 3. The van der Waals surface area contributed by atoms with E-state index in [0.717, 1.165) is 11.6 Å². The number of carbonyl (C=O) groups is 1. The normalized spacial score (nSPS) is 26.4. The molecule has 0 spiro atoms. The van der Waals surface area contributed by atoms with Gasteiger partial charge in [0.15, 0.2) is 0 Å². The molecular weight excluding hydrogens is 256 g/mol. The Bertz CT molecular complexity index is 446. The molecule has 1 aliphatic carbocycles. The van der Waals surface area contributed by atoms with E-state index in [2.05, 4.69) is 34.2 Å². The quantitative estimate of drug-likeness (QED) is 0.825. The first kappa shape index (κ1) is 15.0. The van der Waals surface area contributed by atoms with Crippen LogP contribution in [0.15, 0.2) is 6.20 Å². The van der Waals surface area contributed by atoms with Gasteiger partial charge in [-0.05, 0) is 18.3 Å². The third-order valence-electron chi connectivity index (χ3n) is 4.36. The molecule has 6 heteroatoms. The lowest BCUT2D eigenvalue weighted by Crippen LogP contribution is -2.40. The Balaban J connectivity index is 1.83. The molecule has 6 nitrogen and oxygen atoms in total. The van der Waals surface area contributed by atoms with E-state index in [0.29, 0.717) is 18.5 Å². The summed E-state index contributed by atoms with van der Waals surface area (Å²) in [6.45, 7) is 5.45. The maximum atomic E-state index is 11.1. The molecule has 1 heterocycles. The van der Waals surface area contributed by atoms with Crippen LogP contribution in [-0.2, 0) is 22.6 Å². The lowest BCUT2D eigenvalue weighted by atomic mass is 9.78. The van der Waals surface area contributed by atoms with Gasteiger partial charge in [0.25, 0.3) is 0 Å². The molecule has 1 fully saturated rings. The second-order valence-electron chi connectivity index (χ2n) is 5.74. The van der Waals surface area contributed by atoms with Crippen LogP contribution in [0.2, 0.25) is 0 Å². The minimum atomic E-state index is -0.316. The fourth-order valence-corrected chi connectivity index (χ4v) is 2.80. The minimum Gasteiger partial charge on any atom is -0.468 e. The fourth-order valence-electron chi connectivity index (χ4n) is 2.80. The predicted octanol–water partition coefficient (Wildman–Crippen LogP) is 1.37. The standard InChI is InChI=1S/C14H24N4O2/c1-10-5-4-6-13(11(10)2)15-7-12-8-18(17-16-12)9-14(19)20-3/h8,10-11,13,15H,4-7,9H2,1-3H3. The highest BCUT2D eigenvalue weighted by Crippen LogP contribution is 2.29. The number of aromatic nitrogens is 3. The van der Waals surface area contributed by atoms with Crippen LogP contribution in [0.25, 0.3) is 0 Å². The first-order valence-electron chi connectivity index (χ1n) is 7.29. The number of esters is 1. The summed E-state index contributed by atoms with van der Waals surface area (Å²) in [5.41, 5.74) is 0.860. The molecule has 1 aliphatic rings. The van der Waals surface area contributed by atoms with E-state index in [1.807, 2.05) is 0 Å². The van der Waals surface area contributed by atoms with Crippen molar-refractivity contribution in [3.8, 4) is 0 Å². The zero-order valence-corrected chi connectivity index (χ0v) is 12.5. The zero-order chi connectivity index (χ0) is 14.5. The second kappa shape index (κ2) is 6.83. The van der Waals surface area contributed by atoms with E-state index >= 15 is 0 Å². The largest absolute Gasteiger partial charge is 0.468 e. The van der Waals surface area contributed by atoms with E-state index in [1.54, 1.807) is 6.20 Å². The van der Waals surface area contributed by atoms with Gasteiger partial charge in [0.2, 0.25) is 0 Å². The van der Waals surface area contributed by atoms with Gasteiger partial charge in [-0.3, -0.25) is 4.79 Å². The van der Waals surface area contributed by atoms with E-state index in [1.165, 1.54) is 31.1 Å². The molecule has 1 aromatic heterocycles. The van der Waals surface area contributed by atoms with Crippen molar-refractivity contribution in [2.75, 3.05) is 7.11 Å². The fraction of sp³-hybridized carbons (Fsp3) is 0.786. The van der Waals surface area contributed by atoms with Crippen LogP contribution in [0, 0.1) is 11.8 Å². The average Bonchev–Trinajstić information content (AvgIpc) is 2.88. The molecule has 0 saturated heterocycles. The van der Waals surface area contributed by atoms with Gasteiger partial charge >= 0.3 is 5.97 Å². The van der Waals surface area contributed by atoms with Crippen molar-refractivity contribution in [3.05, 3.63) is 11.9 Å². The summed E-state index contributed by atoms with van der Waals surface area (Å²) in [6, 6.07) is 0.546. The van der Waals surface area contributed by atoms with E-state index < -0.39 is 0 Å². The van der Waals surface area contributed by atoms with Gasteiger partial charge in [-0.1, -0.05) is 31.9 Å². The van der Waals surface area contributed by atoms with Crippen LogP contribution < -0.4 is 5.32 Å². The van der Waals surface area contributed by atoms with Crippen LogP contribution in [0.4, 0.5) is 0 Å². The van der Waals surface area contributed by atoms with Crippen molar-refractivity contribution in [2.24, 2.45) is 11.8 Å². The summed E-state index contributed by atoms with van der Waals surface area (Å²) in [5.74, 6) is 1.15. The molecule has 1 aromatic rings. The monoisotopic (exact) mass is 280 g/mol. The Kier molecular flexibility index (Phi) is 5.11. The van der Waals surface area contributed by atoms with Crippen molar-refractivity contribution in [1.29, 1.82) is 0 Å². The highest BCUT2D eigenvalue weighted by molar-refractivity contribution is 5.68. The van der Waals surface area contributed by atoms with Gasteiger partial charge < -0.3 is 10.1 Å². The van der Waals surface area contributed by atoms with Crippen LogP contribution in [-0.4, -0.2) is 34.1 Å². The van der Waals surface area contributed by atoms with Crippen LogP contribution in [0.5, 0.6) is 0 Å². The number of hydrogen-bond acceptors (Lipinski definition) is 5.